The second-order valence-electron chi connectivity index (χ2n) is 11.2. The SMILES string of the molecule is CCCCCCCCCCc1ccccc1OCCCCOC(=O)C(C)C[N+](C)(C)Cc1ccccc1. The third-order valence-electron chi connectivity index (χ3n) is 6.94. The Kier molecular flexibility index (Phi) is 15.0. The number of carbonyl (C=O) groups excluding carboxylic acids is 1. The summed E-state index contributed by atoms with van der Waals surface area (Å²) in [6, 6.07) is 18.9. The highest BCUT2D eigenvalue weighted by Crippen LogP contribution is 2.21. The molecule has 0 bridgehead atoms. The van der Waals surface area contributed by atoms with E-state index >= 15 is 0 Å². The fraction of sp³-hybridized carbons (Fsp3) is 0.606. The minimum Gasteiger partial charge on any atom is -0.493 e. The van der Waals surface area contributed by atoms with E-state index in [1.165, 1.54) is 62.5 Å². The molecule has 1 unspecified atom stereocenters. The van der Waals surface area contributed by atoms with Crippen molar-refractivity contribution in [3.05, 3.63) is 65.7 Å². The minimum absolute atomic E-state index is 0.101. The second-order valence-corrected chi connectivity index (χ2v) is 11.2. The van der Waals surface area contributed by atoms with Crippen molar-refractivity contribution in [1.82, 2.24) is 0 Å². The van der Waals surface area contributed by atoms with Gasteiger partial charge in [0.15, 0.2) is 0 Å². The number of quaternary nitrogens is 1. The predicted octanol–water partition coefficient (Wildman–Crippen LogP) is 7.98. The molecular weight excluding hydrogens is 458 g/mol. The molecule has 2 aromatic rings. The molecule has 0 aliphatic rings. The van der Waals surface area contributed by atoms with E-state index < -0.39 is 0 Å². The quantitative estimate of drug-likeness (QED) is 0.103. The molecule has 0 saturated carbocycles. The summed E-state index contributed by atoms with van der Waals surface area (Å²) in [5.74, 6) is 0.781. The predicted molar refractivity (Wildman–Crippen MR) is 155 cm³/mol. The summed E-state index contributed by atoms with van der Waals surface area (Å²) in [7, 11) is 4.33. The van der Waals surface area contributed by atoms with Gasteiger partial charge in [-0.1, -0.05) is 100 Å². The van der Waals surface area contributed by atoms with Gasteiger partial charge in [-0.2, -0.15) is 0 Å². The number of esters is 1. The molecule has 37 heavy (non-hydrogen) atoms. The van der Waals surface area contributed by atoms with Crippen LogP contribution in [-0.2, 0) is 22.5 Å². The number of unbranched alkanes of at least 4 members (excludes halogenated alkanes) is 8. The lowest BCUT2D eigenvalue weighted by molar-refractivity contribution is -0.905. The highest BCUT2D eigenvalue weighted by atomic mass is 16.5. The highest BCUT2D eigenvalue weighted by Gasteiger charge is 2.25. The number of benzene rings is 2. The minimum atomic E-state index is -0.127. The lowest BCUT2D eigenvalue weighted by Crippen LogP contribution is -2.44. The van der Waals surface area contributed by atoms with Crippen molar-refractivity contribution >= 4 is 5.97 Å². The molecule has 2 rings (SSSR count). The molecule has 0 heterocycles. The van der Waals surface area contributed by atoms with Crippen LogP contribution >= 0.6 is 0 Å². The fourth-order valence-electron chi connectivity index (χ4n) is 4.96. The van der Waals surface area contributed by atoms with Gasteiger partial charge < -0.3 is 14.0 Å². The van der Waals surface area contributed by atoms with Crippen LogP contribution in [-0.4, -0.2) is 44.3 Å². The maximum Gasteiger partial charge on any atom is 0.314 e. The van der Waals surface area contributed by atoms with Crippen molar-refractivity contribution in [1.29, 1.82) is 0 Å². The topological polar surface area (TPSA) is 35.5 Å². The van der Waals surface area contributed by atoms with Gasteiger partial charge in [0.1, 0.15) is 18.2 Å². The van der Waals surface area contributed by atoms with Gasteiger partial charge in [0, 0.05) is 5.56 Å². The number of para-hydroxylation sites is 1. The molecule has 2 aromatic carbocycles. The Morgan fingerprint density at radius 2 is 1.41 bits per heavy atom. The van der Waals surface area contributed by atoms with E-state index in [2.05, 4.69) is 63.5 Å². The zero-order valence-electron chi connectivity index (χ0n) is 24.1. The number of carbonyl (C=O) groups is 1. The molecule has 4 nitrogen and oxygen atoms in total. The number of aryl methyl sites for hydroxylation is 1. The average molecular weight is 511 g/mol. The van der Waals surface area contributed by atoms with Crippen LogP contribution in [0.3, 0.4) is 0 Å². The number of hydrogen-bond acceptors (Lipinski definition) is 3. The average Bonchev–Trinajstić information content (AvgIpc) is 2.88. The van der Waals surface area contributed by atoms with Gasteiger partial charge >= 0.3 is 5.97 Å². The molecule has 4 heteroatoms. The third-order valence-corrected chi connectivity index (χ3v) is 6.94. The Morgan fingerprint density at radius 3 is 2.14 bits per heavy atom. The summed E-state index contributed by atoms with van der Waals surface area (Å²) in [5.41, 5.74) is 2.59. The Balaban J connectivity index is 1.58. The van der Waals surface area contributed by atoms with Gasteiger partial charge in [-0.3, -0.25) is 4.79 Å². The number of hydrogen-bond donors (Lipinski definition) is 0. The molecule has 0 spiro atoms. The van der Waals surface area contributed by atoms with Crippen LogP contribution < -0.4 is 4.74 Å². The van der Waals surface area contributed by atoms with E-state index in [1.54, 1.807) is 0 Å². The first-order valence-electron chi connectivity index (χ1n) is 14.6. The first kappa shape index (κ1) is 30.9. The second kappa shape index (κ2) is 18.0. The molecule has 0 aliphatic carbocycles. The Bertz CT molecular complexity index is 865. The normalized spacial score (nSPS) is 12.3. The van der Waals surface area contributed by atoms with Crippen LogP contribution in [0.15, 0.2) is 54.6 Å². The lowest BCUT2D eigenvalue weighted by atomic mass is 10.0. The van der Waals surface area contributed by atoms with Gasteiger partial charge in [-0.15, -0.1) is 0 Å². The summed E-state index contributed by atoms with van der Waals surface area (Å²) in [5, 5.41) is 0. The zero-order valence-corrected chi connectivity index (χ0v) is 24.1. The number of nitrogens with zero attached hydrogens (tertiary/aromatic N) is 1. The van der Waals surface area contributed by atoms with Crippen molar-refractivity contribution in [3.63, 3.8) is 0 Å². The molecule has 0 fully saturated rings. The van der Waals surface area contributed by atoms with Crippen LogP contribution in [0.5, 0.6) is 5.75 Å². The van der Waals surface area contributed by atoms with Crippen LogP contribution in [0.1, 0.15) is 89.2 Å². The molecule has 0 aromatic heterocycles. The monoisotopic (exact) mass is 510 g/mol. The largest absolute Gasteiger partial charge is 0.493 e. The van der Waals surface area contributed by atoms with Crippen molar-refractivity contribution < 1.29 is 18.8 Å². The Hall–Kier alpha value is -2.33. The maximum absolute atomic E-state index is 12.5. The summed E-state index contributed by atoms with van der Waals surface area (Å²) < 4.78 is 12.4. The summed E-state index contributed by atoms with van der Waals surface area (Å²) >= 11 is 0. The number of ether oxygens (including phenoxy) is 2. The van der Waals surface area contributed by atoms with E-state index in [9.17, 15) is 4.79 Å². The van der Waals surface area contributed by atoms with Gasteiger partial charge in [-0.25, -0.2) is 0 Å². The van der Waals surface area contributed by atoms with E-state index in [-0.39, 0.29) is 11.9 Å². The van der Waals surface area contributed by atoms with Crippen LogP contribution in [0, 0.1) is 5.92 Å². The van der Waals surface area contributed by atoms with Crippen molar-refractivity contribution in [2.75, 3.05) is 33.9 Å². The Morgan fingerprint density at radius 1 is 0.784 bits per heavy atom. The first-order valence-corrected chi connectivity index (χ1v) is 14.6. The smallest absolute Gasteiger partial charge is 0.314 e. The van der Waals surface area contributed by atoms with Gasteiger partial charge in [-0.05, 0) is 44.2 Å². The molecule has 206 valence electrons. The van der Waals surface area contributed by atoms with Gasteiger partial charge in [0.25, 0.3) is 0 Å². The van der Waals surface area contributed by atoms with Crippen molar-refractivity contribution in [2.45, 2.75) is 91.0 Å². The summed E-state index contributed by atoms with van der Waals surface area (Å²) in [4.78, 5) is 12.5. The van der Waals surface area contributed by atoms with Crippen LogP contribution in [0.4, 0.5) is 0 Å². The van der Waals surface area contributed by atoms with Gasteiger partial charge in [0.2, 0.25) is 0 Å². The zero-order chi connectivity index (χ0) is 26.8. The molecule has 0 saturated heterocycles. The maximum atomic E-state index is 12.5. The molecule has 1 atom stereocenters. The molecule has 0 amide bonds. The molecule has 0 aliphatic heterocycles. The first-order chi connectivity index (χ1) is 17.9. The molecular formula is C33H52NO3+. The molecule has 0 N–H and O–H groups in total. The number of rotatable bonds is 20. The van der Waals surface area contributed by atoms with E-state index in [0.29, 0.717) is 13.2 Å². The fourth-order valence-corrected chi connectivity index (χ4v) is 4.96. The van der Waals surface area contributed by atoms with Crippen molar-refractivity contribution in [3.8, 4) is 5.75 Å². The van der Waals surface area contributed by atoms with Crippen LogP contribution in [0.2, 0.25) is 0 Å². The standard InChI is InChI=1S/C33H52NO3/c1-5-6-7-8-9-10-11-15-22-31-23-16-17-24-32(31)36-25-18-19-26-37-33(35)29(2)27-34(3,4)28-30-20-13-12-14-21-30/h12-14,16-17,20-21,23-24,29H,5-11,15,18-19,22,25-28H2,1-4H3/q+1. The van der Waals surface area contributed by atoms with Gasteiger partial charge in [0.05, 0.1) is 33.9 Å². The van der Waals surface area contributed by atoms with E-state index in [1.807, 2.05) is 19.1 Å². The highest BCUT2D eigenvalue weighted by molar-refractivity contribution is 5.72. The van der Waals surface area contributed by atoms with E-state index in [0.717, 1.165) is 42.6 Å². The van der Waals surface area contributed by atoms with Crippen LogP contribution in [0.25, 0.3) is 0 Å². The van der Waals surface area contributed by atoms with Crippen molar-refractivity contribution in [2.24, 2.45) is 5.92 Å². The third kappa shape index (κ3) is 13.7. The summed E-state index contributed by atoms with van der Waals surface area (Å²) in [6.07, 6.45) is 13.5. The lowest BCUT2D eigenvalue weighted by Gasteiger charge is -2.31. The molecule has 0 radical (unpaired) electrons. The Labute approximate surface area is 227 Å². The summed E-state index contributed by atoms with van der Waals surface area (Å²) in [6.45, 7) is 7.01. The van der Waals surface area contributed by atoms with E-state index in [4.69, 9.17) is 9.47 Å².